The highest BCUT2D eigenvalue weighted by Gasteiger charge is 2.15. The van der Waals surface area contributed by atoms with Crippen molar-refractivity contribution < 1.29 is 9.90 Å². The number of nitrogens with zero attached hydrogens (tertiary/aromatic N) is 2. The maximum atomic E-state index is 10.9. The van der Waals surface area contributed by atoms with E-state index in [0.717, 1.165) is 23.0 Å². The summed E-state index contributed by atoms with van der Waals surface area (Å²) >= 11 is 1.08. The summed E-state index contributed by atoms with van der Waals surface area (Å²) in [6.07, 6.45) is 0.437. The van der Waals surface area contributed by atoms with Crippen LogP contribution in [0, 0.1) is 25.2 Å². The van der Waals surface area contributed by atoms with Crippen LogP contribution in [0.2, 0.25) is 0 Å². The molecule has 1 heterocycles. The van der Waals surface area contributed by atoms with Crippen LogP contribution in [0.15, 0.2) is 11.1 Å². The summed E-state index contributed by atoms with van der Waals surface area (Å²) in [6, 6.07) is 3.87. The van der Waals surface area contributed by atoms with Gasteiger partial charge in [-0.15, -0.1) is 0 Å². The quantitative estimate of drug-likeness (QED) is 0.749. The van der Waals surface area contributed by atoms with Crippen LogP contribution in [0.5, 0.6) is 0 Å². The molecule has 1 unspecified atom stereocenters. The Labute approximate surface area is 105 Å². The lowest BCUT2D eigenvalue weighted by molar-refractivity contribution is -0.304. The first-order chi connectivity index (χ1) is 7.99. The summed E-state index contributed by atoms with van der Waals surface area (Å²) < 4.78 is 0. The van der Waals surface area contributed by atoms with Gasteiger partial charge in [0, 0.05) is 5.69 Å². The molecule has 0 amide bonds. The largest absolute Gasteiger partial charge is 0.549 e. The van der Waals surface area contributed by atoms with Gasteiger partial charge >= 0.3 is 0 Å². The number of thioether (sulfide) groups is 1. The second-order valence-electron chi connectivity index (χ2n) is 3.71. The van der Waals surface area contributed by atoms with Crippen molar-refractivity contribution in [2.75, 3.05) is 0 Å². The molecule has 0 N–H and O–H groups in total. The first-order valence-corrected chi connectivity index (χ1v) is 6.13. The van der Waals surface area contributed by atoms with Crippen LogP contribution in [0.3, 0.4) is 0 Å². The molecule has 0 radical (unpaired) electrons. The Bertz CT molecular complexity index is 480. The zero-order valence-electron chi connectivity index (χ0n) is 9.98. The zero-order valence-corrected chi connectivity index (χ0v) is 10.8. The molecule has 0 aromatic carbocycles. The first kappa shape index (κ1) is 13.5. The lowest BCUT2D eigenvalue weighted by Gasteiger charge is -2.16. The Hall–Kier alpha value is -1.54. The van der Waals surface area contributed by atoms with Crippen molar-refractivity contribution >= 4 is 17.7 Å². The van der Waals surface area contributed by atoms with Crippen LogP contribution in [0.4, 0.5) is 0 Å². The van der Waals surface area contributed by atoms with Crippen LogP contribution in [-0.4, -0.2) is 16.2 Å². The topological polar surface area (TPSA) is 76.8 Å². The van der Waals surface area contributed by atoms with Crippen LogP contribution < -0.4 is 5.11 Å². The van der Waals surface area contributed by atoms with Gasteiger partial charge in [0.2, 0.25) is 0 Å². The number of carboxylic acid groups (broad SMARTS) is 1. The fourth-order valence-corrected chi connectivity index (χ4v) is 2.51. The highest BCUT2D eigenvalue weighted by Crippen LogP contribution is 2.28. The van der Waals surface area contributed by atoms with Gasteiger partial charge in [-0.25, -0.2) is 4.98 Å². The van der Waals surface area contributed by atoms with Gasteiger partial charge in [0.1, 0.15) is 11.1 Å². The van der Waals surface area contributed by atoms with E-state index < -0.39 is 11.2 Å². The van der Waals surface area contributed by atoms with Crippen molar-refractivity contribution in [2.24, 2.45) is 0 Å². The number of carbonyl (C=O) groups is 1. The monoisotopic (exact) mass is 249 g/mol. The fourth-order valence-electron chi connectivity index (χ4n) is 1.46. The van der Waals surface area contributed by atoms with Crippen molar-refractivity contribution in [2.45, 2.75) is 37.5 Å². The number of aryl methyl sites for hydroxylation is 2. The van der Waals surface area contributed by atoms with Gasteiger partial charge in [-0.2, -0.15) is 5.26 Å². The second-order valence-corrected chi connectivity index (χ2v) is 4.90. The number of pyridine rings is 1. The van der Waals surface area contributed by atoms with E-state index in [1.54, 1.807) is 6.92 Å². The van der Waals surface area contributed by atoms with E-state index in [4.69, 9.17) is 5.26 Å². The molecule has 0 fully saturated rings. The number of aromatic nitrogens is 1. The summed E-state index contributed by atoms with van der Waals surface area (Å²) in [4.78, 5) is 15.1. The van der Waals surface area contributed by atoms with Crippen molar-refractivity contribution in [3.8, 4) is 6.07 Å². The van der Waals surface area contributed by atoms with Gasteiger partial charge < -0.3 is 9.90 Å². The normalized spacial score (nSPS) is 11.9. The third-order valence-electron chi connectivity index (χ3n) is 2.31. The molecule has 0 aliphatic carbocycles. The molecule has 0 saturated carbocycles. The molecule has 5 heteroatoms. The highest BCUT2D eigenvalue weighted by atomic mass is 32.2. The van der Waals surface area contributed by atoms with E-state index in [1.165, 1.54) is 0 Å². The Morgan fingerprint density at radius 3 is 2.76 bits per heavy atom. The van der Waals surface area contributed by atoms with Crippen molar-refractivity contribution in [3.05, 3.63) is 22.9 Å². The van der Waals surface area contributed by atoms with Gasteiger partial charge in [0.05, 0.1) is 16.8 Å². The molecule has 90 valence electrons. The molecule has 1 atom stereocenters. The van der Waals surface area contributed by atoms with Crippen molar-refractivity contribution in [1.29, 1.82) is 5.26 Å². The van der Waals surface area contributed by atoms with Crippen molar-refractivity contribution in [3.63, 3.8) is 0 Å². The summed E-state index contributed by atoms with van der Waals surface area (Å²) in [5, 5.41) is 19.7. The average Bonchev–Trinajstić information content (AvgIpc) is 2.24. The maximum Gasteiger partial charge on any atom is 0.115 e. The maximum absolute atomic E-state index is 10.9. The molecule has 4 nitrogen and oxygen atoms in total. The SMILES string of the molecule is CCC(Sc1nc(C)cc(C)c1C#N)C(=O)[O-]. The Balaban J connectivity index is 3.13. The number of carboxylic acids is 1. The number of nitriles is 1. The van der Waals surface area contributed by atoms with E-state index in [0.29, 0.717) is 17.0 Å². The molecule has 0 aliphatic heterocycles. The van der Waals surface area contributed by atoms with Gasteiger partial charge in [0.25, 0.3) is 0 Å². The molecule has 1 rings (SSSR count). The molecule has 0 bridgehead atoms. The van der Waals surface area contributed by atoms with Gasteiger partial charge in [-0.05, 0) is 31.9 Å². The molecule has 17 heavy (non-hydrogen) atoms. The summed E-state index contributed by atoms with van der Waals surface area (Å²) in [5.74, 6) is -1.12. The Kier molecular flexibility index (Phi) is 4.53. The molecular weight excluding hydrogens is 236 g/mol. The number of aliphatic carboxylic acids is 1. The van der Waals surface area contributed by atoms with Crippen LogP contribution >= 0.6 is 11.8 Å². The minimum absolute atomic E-state index is 0.437. The Morgan fingerprint density at radius 2 is 2.29 bits per heavy atom. The van der Waals surface area contributed by atoms with Crippen LogP contribution in [-0.2, 0) is 4.79 Å². The fraction of sp³-hybridized carbons (Fsp3) is 0.417. The van der Waals surface area contributed by atoms with Crippen LogP contribution in [0.25, 0.3) is 0 Å². The van der Waals surface area contributed by atoms with Crippen LogP contribution in [0.1, 0.15) is 30.2 Å². The lowest BCUT2D eigenvalue weighted by atomic mass is 10.1. The molecule has 0 aliphatic rings. The molecule has 1 aromatic rings. The molecule has 0 saturated heterocycles. The van der Waals surface area contributed by atoms with Crippen molar-refractivity contribution in [1.82, 2.24) is 4.98 Å². The lowest BCUT2D eigenvalue weighted by Crippen LogP contribution is -2.33. The molecule has 1 aromatic heterocycles. The number of rotatable bonds is 4. The minimum Gasteiger partial charge on any atom is -0.549 e. The predicted octanol–water partition coefficient (Wildman–Crippen LogP) is 1.19. The molecular formula is C12H13N2O2S-. The number of carbonyl (C=O) groups excluding carboxylic acids is 1. The second kappa shape index (κ2) is 5.69. The molecule has 0 spiro atoms. The van der Waals surface area contributed by atoms with E-state index in [2.05, 4.69) is 11.1 Å². The van der Waals surface area contributed by atoms with Gasteiger partial charge in [0.15, 0.2) is 0 Å². The summed E-state index contributed by atoms with van der Waals surface area (Å²) in [7, 11) is 0. The minimum atomic E-state index is -1.12. The van der Waals surface area contributed by atoms with E-state index >= 15 is 0 Å². The average molecular weight is 249 g/mol. The standard InChI is InChI=1S/C12H14N2O2S/c1-4-10(12(15)16)17-11-9(6-13)7(2)5-8(3)14-11/h5,10H,4H2,1-3H3,(H,15,16)/p-1. The number of hydrogen-bond donors (Lipinski definition) is 0. The third-order valence-corrected chi connectivity index (χ3v) is 3.64. The Morgan fingerprint density at radius 1 is 1.65 bits per heavy atom. The first-order valence-electron chi connectivity index (χ1n) is 5.25. The van der Waals surface area contributed by atoms with Gasteiger partial charge in [-0.3, -0.25) is 0 Å². The smallest absolute Gasteiger partial charge is 0.115 e. The van der Waals surface area contributed by atoms with Gasteiger partial charge in [-0.1, -0.05) is 18.7 Å². The summed E-state index contributed by atoms with van der Waals surface area (Å²) in [5.41, 5.74) is 2.04. The van der Waals surface area contributed by atoms with E-state index in [-0.39, 0.29) is 0 Å². The predicted molar refractivity (Wildman–Crippen MR) is 63.4 cm³/mol. The number of hydrogen-bond acceptors (Lipinski definition) is 5. The zero-order chi connectivity index (χ0) is 13.0. The summed E-state index contributed by atoms with van der Waals surface area (Å²) in [6.45, 7) is 5.40. The van der Waals surface area contributed by atoms with E-state index in [1.807, 2.05) is 19.9 Å². The third kappa shape index (κ3) is 3.21. The highest BCUT2D eigenvalue weighted by molar-refractivity contribution is 8.00. The van der Waals surface area contributed by atoms with E-state index in [9.17, 15) is 9.90 Å².